The lowest BCUT2D eigenvalue weighted by Crippen LogP contribution is -2.55. The molecule has 0 unspecified atom stereocenters. The molecule has 1 amide bonds. The molecule has 1 aliphatic rings. The number of hydrogen-bond acceptors (Lipinski definition) is 5. The third-order valence-electron chi connectivity index (χ3n) is 5.12. The first kappa shape index (κ1) is 21.6. The van der Waals surface area contributed by atoms with Crippen molar-refractivity contribution in [3.05, 3.63) is 102 Å². The SMILES string of the molecule is O=C1[C@@H](CSc2ccccc2)[C@@H](NOCc2ccccc2)CON1Cc1ccccc1. The Labute approximate surface area is 187 Å². The lowest BCUT2D eigenvalue weighted by Gasteiger charge is -2.37. The minimum absolute atomic E-state index is 0.0284. The molecular weight excluding hydrogens is 408 g/mol. The van der Waals surface area contributed by atoms with E-state index in [1.54, 1.807) is 11.8 Å². The van der Waals surface area contributed by atoms with Crippen molar-refractivity contribution in [1.82, 2.24) is 10.5 Å². The molecule has 1 N–H and O–H groups in total. The number of nitrogens with one attached hydrogen (secondary N) is 1. The Bertz CT molecular complexity index is 941. The summed E-state index contributed by atoms with van der Waals surface area (Å²) in [6, 6.07) is 29.7. The van der Waals surface area contributed by atoms with Crippen LogP contribution in [0, 0.1) is 5.92 Å². The highest BCUT2D eigenvalue weighted by Crippen LogP contribution is 2.27. The third-order valence-corrected chi connectivity index (χ3v) is 6.25. The molecule has 1 heterocycles. The summed E-state index contributed by atoms with van der Waals surface area (Å²) in [5.41, 5.74) is 5.19. The van der Waals surface area contributed by atoms with Gasteiger partial charge in [-0.25, -0.2) is 5.06 Å². The number of rotatable bonds is 9. The monoisotopic (exact) mass is 434 g/mol. The van der Waals surface area contributed by atoms with Crippen molar-refractivity contribution in [3.63, 3.8) is 0 Å². The molecule has 4 rings (SSSR count). The summed E-state index contributed by atoms with van der Waals surface area (Å²) >= 11 is 1.67. The van der Waals surface area contributed by atoms with E-state index in [1.807, 2.05) is 78.9 Å². The van der Waals surface area contributed by atoms with Crippen LogP contribution in [0.15, 0.2) is 95.9 Å². The zero-order valence-corrected chi connectivity index (χ0v) is 18.0. The number of benzene rings is 3. The molecule has 31 heavy (non-hydrogen) atoms. The minimum Gasteiger partial charge on any atom is -0.297 e. The first-order valence-electron chi connectivity index (χ1n) is 10.4. The summed E-state index contributed by atoms with van der Waals surface area (Å²) in [5, 5.41) is 1.49. The lowest BCUT2D eigenvalue weighted by molar-refractivity contribution is -0.221. The summed E-state index contributed by atoms with van der Waals surface area (Å²) in [4.78, 5) is 26.0. The Hall–Kier alpha value is -2.64. The predicted octanol–water partition coefficient (Wildman–Crippen LogP) is 4.46. The Morgan fingerprint density at radius 2 is 1.52 bits per heavy atom. The number of nitrogens with zero attached hydrogens (tertiary/aromatic N) is 1. The molecule has 0 bridgehead atoms. The van der Waals surface area contributed by atoms with Crippen molar-refractivity contribution in [2.75, 3.05) is 12.4 Å². The lowest BCUT2D eigenvalue weighted by atomic mass is 10.0. The molecule has 0 saturated carbocycles. The first-order valence-corrected chi connectivity index (χ1v) is 11.4. The zero-order valence-electron chi connectivity index (χ0n) is 17.2. The molecule has 1 aliphatic heterocycles. The van der Waals surface area contributed by atoms with Crippen LogP contribution >= 0.6 is 11.8 Å². The van der Waals surface area contributed by atoms with Crippen molar-refractivity contribution in [2.45, 2.75) is 24.1 Å². The fraction of sp³-hybridized carbons (Fsp3) is 0.240. The van der Waals surface area contributed by atoms with Gasteiger partial charge in [-0.2, -0.15) is 5.48 Å². The van der Waals surface area contributed by atoms with Gasteiger partial charge in [0.25, 0.3) is 5.91 Å². The maximum atomic E-state index is 13.3. The maximum absolute atomic E-state index is 13.3. The van der Waals surface area contributed by atoms with E-state index in [0.717, 1.165) is 16.0 Å². The number of hydroxylamine groups is 3. The van der Waals surface area contributed by atoms with Crippen LogP contribution in [-0.2, 0) is 27.6 Å². The van der Waals surface area contributed by atoms with Crippen LogP contribution < -0.4 is 5.48 Å². The van der Waals surface area contributed by atoms with E-state index in [-0.39, 0.29) is 17.9 Å². The van der Waals surface area contributed by atoms with Crippen molar-refractivity contribution in [1.29, 1.82) is 0 Å². The van der Waals surface area contributed by atoms with Crippen LogP contribution in [0.2, 0.25) is 0 Å². The Morgan fingerprint density at radius 3 is 2.19 bits per heavy atom. The first-order chi connectivity index (χ1) is 15.3. The molecule has 1 saturated heterocycles. The van der Waals surface area contributed by atoms with Crippen LogP contribution in [0.4, 0.5) is 0 Å². The van der Waals surface area contributed by atoms with Gasteiger partial charge in [-0.1, -0.05) is 78.9 Å². The van der Waals surface area contributed by atoms with Gasteiger partial charge in [-0.3, -0.25) is 14.5 Å². The molecule has 0 spiro atoms. The Balaban J connectivity index is 1.41. The van der Waals surface area contributed by atoms with Crippen molar-refractivity contribution in [2.24, 2.45) is 5.92 Å². The number of carbonyl (C=O) groups is 1. The molecule has 160 valence electrons. The predicted molar refractivity (Wildman–Crippen MR) is 122 cm³/mol. The van der Waals surface area contributed by atoms with Crippen LogP contribution in [-0.4, -0.2) is 29.4 Å². The quantitative estimate of drug-likeness (QED) is 0.398. The second-order valence-electron chi connectivity index (χ2n) is 7.39. The van der Waals surface area contributed by atoms with Gasteiger partial charge in [0.1, 0.15) is 0 Å². The minimum atomic E-state index is -0.265. The fourth-order valence-electron chi connectivity index (χ4n) is 3.39. The summed E-state index contributed by atoms with van der Waals surface area (Å²) in [6.07, 6.45) is 0. The molecule has 2 atom stereocenters. The van der Waals surface area contributed by atoms with Gasteiger partial charge in [0.15, 0.2) is 0 Å². The standard InChI is InChI=1S/C25H26N2O3S/c28-25-23(19-31-22-14-8-3-9-15-22)24(26-29-17-21-12-6-2-7-13-21)18-30-27(25)16-20-10-4-1-5-11-20/h1-15,23-24,26H,16-19H2/t23-,24-/m0/s1. The number of thioether (sulfide) groups is 1. The van der Waals surface area contributed by atoms with Crippen LogP contribution in [0.3, 0.4) is 0 Å². The average molecular weight is 435 g/mol. The molecule has 3 aromatic carbocycles. The smallest absolute Gasteiger partial charge is 0.252 e. The summed E-state index contributed by atoms with van der Waals surface area (Å²) in [6.45, 7) is 1.23. The highest BCUT2D eigenvalue weighted by molar-refractivity contribution is 7.99. The molecular formula is C25H26N2O3S. The molecule has 0 radical (unpaired) electrons. The van der Waals surface area contributed by atoms with Gasteiger partial charge in [0.05, 0.1) is 31.7 Å². The zero-order chi connectivity index (χ0) is 21.3. The maximum Gasteiger partial charge on any atom is 0.252 e. The fourth-order valence-corrected chi connectivity index (χ4v) is 4.49. The third kappa shape index (κ3) is 6.18. The van der Waals surface area contributed by atoms with E-state index in [4.69, 9.17) is 9.68 Å². The van der Waals surface area contributed by atoms with E-state index in [0.29, 0.717) is 25.5 Å². The number of carbonyl (C=O) groups excluding carboxylic acids is 1. The van der Waals surface area contributed by atoms with Gasteiger partial charge in [-0.05, 0) is 23.3 Å². The molecule has 0 aromatic heterocycles. The molecule has 0 aliphatic carbocycles. The van der Waals surface area contributed by atoms with Crippen molar-refractivity contribution < 1.29 is 14.5 Å². The highest BCUT2D eigenvalue weighted by Gasteiger charge is 2.38. The molecule has 1 fully saturated rings. The summed E-state index contributed by atoms with van der Waals surface area (Å²) in [7, 11) is 0. The highest BCUT2D eigenvalue weighted by atomic mass is 32.2. The summed E-state index contributed by atoms with van der Waals surface area (Å²) in [5.74, 6) is 0.349. The second kappa shape index (κ2) is 11.1. The molecule has 6 heteroatoms. The molecule has 5 nitrogen and oxygen atoms in total. The largest absolute Gasteiger partial charge is 0.297 e. The van der Waals surface area contributed by atoms with Gasteiger partial charge in [-0.15, -0.1) is 11.8 Å². The number of hydrogen-bond donors (Lipinski definition) is 1. The van der Waals surface area contributed by atoms with Gasteiger partial charge < -0.3 is 0 Å². The topological polar surface area (TPSA) is 50.8 Å². The Kier molecular flexibility index (Phi) is 7.74. The van der Waals surface area contributed by atoms with Crippen LogP contribution in [0.25, 0.3) is 0 Å². The van der Waals surface area contributed by atoms with Crippen molar-refractivity contribution >= 4 is 17.7 Å². The van der Waals surface area contributed by atoms with E-state index in [2.05, 4.69) is 17.6 Å². The van der Waals surface area contributed by atoms with E-state index in [9.17, 15) is 4.79 Å². The van der Waals surface area contributed by atoms with Crippen LogP contribution in [0.5, 0.6) is 0 Å². The normalized spacial score (nSPS) is 18.8. The van der Waals surface area contributed by atoms with E-state index >= 15 is 0 Å². The Morgan fingerprint density at radius 1 is 0.903 bits per heavy atom. The van der Waals surface area contributed by atoms with E-state index < -0.39 is 0 Å². The average Bonchev–Trinajstić information content (AvgIpc) is 2.82. The molecule has 3 aromatic rings. The van der Waals surface area contributed by atoms with Crippen molar-refractivity contribution in [3.8, 4) is 0 Å². The van der Waals surface area contributed by atoms with Gasteiger partial charge >= 0.3 is 0 Å². The summed E-state index contributed by atoms with van der Waals surface area (Å²) < 4.78 is 0. The van der Waals surface area contributed by atoms with Gasteiger partial charge in [0, 0.05) is 10.6 Å². The van der Waals surface area contributed by atoms with Crippen LogP contribution in [0.1, 0.15) is 11.1 Å². The van der Waals surface area contributed by atoms with E-state index in [1.165, 1.54) is 5.06 Å². The number of amides is 1. The van der Waals surface area contributed by atoms with Gasteiger partial charge in [0.2, 0.25) is 0 Å². The second-order valence-corrected chi connectivity index (χ2v) is 8.48.